The number of benzene rings is 1. The number of carbonyl (C=O) groups is 1. The van der Waals surface area contributed by atoms with E-state index in [2.05, 4.69) is 23.8 Å². The van der Waals surface area contributed by atoms with E-state index in [1.807, 2.05) is 24.3 Å². The average molecular weight is 370 g/mol. The van der Waals surface area contributed by atoms with Crippen molar-refractivity contribution in [1.29, 1.82) is 0 Å². The molecule has 0 unspecified atom stereocenters. The summed E-state index contributed by atoms with van der Waals surface area (Å²) in [5.41, 5.74) is 1.47. The number of aromatic carboxylic acids is 1. The van der Waals surface area contributed by atoms with Crippen LogP contribution in [0.25, 0.3) is 11.3 Å². The van der Waals surface area contributed by atoms with Gasteiger partial charge in [-0.15, -0.1) is 0 Å². The van der Waals surface area contributed by atoms with E-state index in [0.29, 0.717) is 5.69 Å². The van der Waals surface area contributed by atoms with Crippen LogP contribution in [0.4, 0.5) is 0 Å². The van der Waals surface area contributed by atoms with Crippen LogP contribution in [-0.4, -0.2) is 27.7 Å². The molecule has 0 spiro atoms. The van der Waals surface area contributed by atoms with Crippen molar-refractivity contribution in [2.45, 2.75) is 58.8 Å². The van der Waals surface area contributed by atoms with Gasteiger partial charge in [0.1, 0.15) is 5.75 Å². The molecule has 1 N–H and O–H groups in total. The summed E-state index contributed by atoms with van der Waals surface area (Å²) >= 11 is 0. The van der Waals surface area contributed by atoms with E-state index in [4.69, 9.17) is 9.84 Å². The van der Waals surface area contributed by atoms with Crippen molar-refractivity contribution >= 4 is 5.97 Å². The summed E-state index contributed by atoms with van der Waals surface area (Å²) in [6.07, 6.45) is 11.7. The molecule has 5 heteroatoms. The van der Waals surface area contributed by atoms with Crippen LogP contribution in [0.15, 0.2) is 36.7 Å². The fourth-order valence-electron chi connectivity index (χ4n) is 2.86. The molecule has 0 saturated carbocycles. The molecule has 0 aliphatic rings. The Kier molecular flexibility index (Phi) is 8.75. The fraction of sp³-hybridized carbons (Fsp3) is 0.500. The van der Waals surface area contributed by atoms with Crippen molar-refractivity contribution in [3.63, 3.8) is 0 Å². The Labute approximate surface area is 161 Å². The lowest BCUT2D eigenvalue weighted by atomic mass is 10.0. The van der Waals surface area contributed by atoms with E-state index in [-0.39, 0.29) is 5.69 Å². The minimum absolute atomic E-state index is 0.0568. The van der Waals surface area contributed by atoms with Crippen molar-refractivity contribution in [3.05, 3.63) is 42.4 Å². The second-order valence-electron chi connectivity index (χ2n) is 7.27. The number of hydrogen-bond acceptors (Lipinski definition) is 4. The fourth-order valence-corrected chi connectivity index (χ4v) is 2.86. The number of nitrogens with zero attached hydrogens (tertiary/aromatic N) is 2. The molecule has 2 rings (SSSR count). The highest BCUT2D eigenvalue weighted by molar-refractivity contribution is 5.85. The Hall–Kier alpha value is -2.43. The third-order valence-corrected chi connectivity index (χ3v) is 4.47. The van der Waals surface area contributed by atoms with Crippen molar-refractivity contribution < 1.29 is 14.6 Å². The molecule has 0 amide bonds. The maximum atomic E-state index is 10.8. The molecule has 1 aromatic carbocycles. The van der Waals surface area contributed by atoms with Gasteiger partial charge in [0, 0.05) is 5.56 Å². The highest BCUT2D eigenvalue weighted by atomic mass is 16.5. The summed E-state index contributed by atoms with van der Waals surface area (Å²) in [4.78, 5) is 18.8. The Morgan fingerprint density at radius 3 is 2.22 bits per heavy atom. The largest absolute Gasteiger partial charge is 0.494 e. The topological polar surface area (TPSA) is 72.3 Å². The van der Waals surface area contributed by atoms with Gasteiger partial charge in [-0.25, -0.2) is 9.78 Å². The summed E-state index contributed by atoms with van der Waals surface area (Å²) in [5, 5.41) is 8.86. The van der Waals surface area contributed by atoms with Gasteiger partial charge in [-0.3, -0.25) is 4.98 Å². The zero-order valence-electron chi connectivity index (χ0n) is 16.4. The average Bonchev–Trinajstić information content (AvgIpc) is 2.67. The normalized spacial score (nSPS) is 10.9. The summed E-state index contributed by atoms with van der Waals surface area (Å²) in [6.45, 7) is 5.30. The maximum absolute atomic E-state index is 10.8. The molecule has 1 heterocycles. The molecule has 0 bridgehead atoms. The number of hydrogen-bond donors (Lipinski definition) is 1. The van der Waals surface area contributed by atoms with Crippen LogP contribution < -0.4 is 4.74 Å². The first-order valence-electron chi connectivity index (χ1n) is 9.85. The highest BCUT2D eigenvalue weighted by Gasteiger charge is 2.06. The molecule has 5 nitrogen and oxygen atoms in total. The molecule has 0 aliphatic heterocycles. The minimum atomic E-state index is -1.08. The smallest absolute Gasteiger partial charge is 0.356 e. The summed E-state index contributed by atoms with van der Waals surface area (Å²) in [5.74, 6) is 0.583. The van der Waals surface area contributed by atoms with Gasteiger partial charge in [0.15, 0.2) is 5.69 Å². The van der Waals surface area contributed by atoms with Gasteiger partial charge in [-0.05, 0) is 36.6 Å². The van der Waals surface area contributed by atoms with E-state index in [1.54, 1.807) is 0 Å². The van der Waals surface area contributed by atoms with Crippen molar-refractivity contribution in [2.24, 2.45) is 5.92 Å². The number of unbranched alkanes of at least 4 members (excludes halogenated alkanes) is 5. The third kappa shape index (κ3) is 7.77. The molecule has 0 radical (unpaired) electrons. The van der Waals surface area contributed by atoms with Crippen LogP contribution in [-0.2, 0) is 0 Å². The number of carboxylic acids is 1. The second kappa shape index (κ2) is 11.3. The maximum Gasteiger partial charge on any atom is 0.356 e. The Bertz CT molecular complexity index is 682. The first kappa shape index (κ1) is 20.9. The molecule has 146 valence electrons. The Balaban J connectivity index is 1.65. The monoisotopic (exact) mass is 370 g/mol. The standard InChI is InChI=1S/C22H30N2O3/c1-17(2)9-7-5-3-4-6-8-14-27-19-12-10-18(11-13-19)20-15-24-21(16-23-20)22(25)26/h10-13,15-17H,3-9,14H2,1-2H3,(H,25,26). The van der Waals surface area contributed by atoms with Crippen LogP contribution in [0, 0.1) is 5.92 Å². The summed E-state index contributed by atoms with van der Waals surface area (Å²) in [6, 6.07) is 7.64. The summed E-state index contributed by atoms with van der Waals surface area (Å²) < 4.78 is 5.79. The van der Waals surface area contributed by atoms with Gasteiger partial charge in [-0.1, -0.05) is 52.4 Å². The molecule has 0 atom stereocenters. The molecule has 0 fully saturated rings. The van der Waals surface area contributed by atoms with Crippen LogP contribution >= 0.6 is 0 Å². The molecule has 1 aromatic heterocycles. The number of aromatic nitrogens is 2. The molecular weight excluding hydrogens is 340 g/mol. The third-order valence-electron chi connectivity index (χ3n) is 4.47. The first-order chi connectivity index (χ1) is 13.1. The van der Waals surface area contributed by atoms with Gasteiger partial charge >= 0.3 is 5.97 Å². The zero-order valence-corrected chi connectivity index (χ0v) is 16.4. The lowest BCUT2D eigenvalue weighted by molar-refractivity contribution is 0.0690. The SMILES string of the molecule is CC(C)CCCCCCCCOc1ccc(-c2cnc(C(=O)O)cn2)cc1. The van der Waals surface area contributed by atoms with Gasteiger partial charge in [0.05, 0.1) is 24.7 Å². The number of rotatable bonds is 12. The molecular formula is C22H30N2O3. The Morgan fingerprint density at radius 2 is 1.63 bits per heavy atom. The zero-order chi connectivity index (χ0) is 19.5. The van der Waals surface area contributed by atoms with Crippen LogP contribution in [0.1, 0.15) is 69.3 Å². The van der Waals surface area contributed by atoms with Gasteiger partial charge in [0.25, 0.3) is 0 Å². The molecule has 0 saturated heterocycles. The lowest BCUT2D eigenvalue weighted by Gasteiger charge is -2.08. The predicted octanol–water partition coefficient (Wildman–Crippen LogP) is 5.61. The molecule has 2 aromatic rings. The van der Waals surface area contributed by atoms with E-state index in [9.17, 15) is 4.79 Å². The quantitative estimate of drug-likeness (QED) is 0.492. The first-order valence-corrected chi connectivity index (χ1v) is 9.85. The van der Waals surface area contributed by atoms with E-state index >= 15 is 0 Å². The number of carboxylic acid groups (broad SMARTS) is 1. The van der Waals surface area contributed by atoms with Crippen molar-refractivity contribution in [2.75, 3.05) is 6.61 Å². The highest BCUT2D eigenvalue weighted by Crippen LogP contribution is 2.20. The minimum Gasteiger partial charge on any atom is -0.494 e. The Morgan fingerprint density at radius 1 is 0.963 bits per heavy atom. The van der Waals surface area contributed by atoms with Gasteiger partial charge in [-0.2, -0.15) is 0 Å². The molecule has 0 aliphatic carbocycles. The van der Waals surface area contributed by atoms with Crippen LogP contribution in [0.2, 0.25) is 0 Å². The van der Waals surface area contributed by atoms with Crippen molar-refractivity contribution in [3.8, 4) is 17.0 Å². The van der Waals surface area contributed by atoms with E-state index in [1.165, 1.54) is 50.9 Å². The van der Waals surface area contributed by atoms with E-state index < -0.39 is 5.97 Å². The van der Waals surface area contributed by atoms with Crippen LogP contribution in [0.5, 0.6) is 5.75 Å². The second-order valence-corrected chi connectivity index (χ2v) is 7.27. The molecule has 27 heavy (non-hydrogen) atoms. The predicted molar refractivity (Wildman–Crippen MR) is 107 cm³/mol. The van der Waals surface area contributed by atoms with Crippen LogP contribution in [0.3, 0.4) is 0 Å². The van der Waals surface area contributed by atoms with E-state index in [0.717, 1.165) is 30.3 Å². The summed E-state index contributed by atoms with van der Waals surface area (Å²) in [7, 11) is 0. The van der Waals surface area contributed by atoms with Gasteiger partial charge < -0.3 is 9.84 Å². The number of ether oxygens (including phenoxy) is 1. The van der Waals surface area contributed by atoms with Crippen molar-refractivity contribution in [1.82, 2.24) is 9.97 Å². The lowest BCUT2D eigenvalue weighted by Crippen LogP contribution is -2.01. The van der Waals surface area contributed by atoms with Gasteiger partial charge in [0.2, 0.25) is 0 Å².